The number of benzene rings is 2. The maximum absolute atomic E-state index is 14.4. The minimum Gasteiger partial charge on any atom is -0.452 e. The summed E-state index contributed by atoms with van der Waals surface area (Å²) < 4.78 is 38.1. The Kier molecular flexibility index (Phi) is 12.4. The van der Waals surface area contributed by atoms with Crippen LogP contribution in [0.1, 0.15) is 62.4 Å². The van der Waals surface area contributed by atoms with Crippen molar-refractivity contribution in [1.29, 1.82) is 0 Å². The van der Waals surface area contributed by atoms with Crippen LogP contribution in [0.3, 0.4) is 0 Å². The van der Waals surface area contributed by atoms with Crippen molar-refractivity contribution in [2.45, 2.75) is 70.6 Å². The number of likely N-dealkylation sites (tertiary alicyclic amines) is 2. The van der Waals surface area contributed by atoms with Gasteiger partial charge in [0.1, 0.15) is 24.3 Å². The van der Waals surface area contributed by atoms with Gasteiger partial charge in [-0.25, -0.2) is 27.6 Å². The second-order valence-corrected chi connectivity index (χ2v) is 15.7. The number of carbonyl (C=O) groups is 4. The first-order valence-corrected chi connectivity index (χ1v) is 18.7. The van der Waals surface area contributed by atoms with E-state index in [1.54, 1.807) is 56.0 Å². The number of aliphatic imine (C=N–C) groups is 1. The van der Waals surface area contributed by atoms with E-state index >= 15 is 0 Å². The molecule has 2 aliphatic rings. The summed E-state index contributed by atoms with van der Waals surface area (Å²) >= 11 is 0. The Morgan fingerprint density at radius 2 is 1.60 bits per heavy atom. The Morgan fingerprint density at radius 1 is 1.00 bits per heavy atom. The fourth-order valence-electron chi connectivity index (χ4n) is 6.69. The zero-order chi connectivity index (χ0) is 36.7. The van der Waals surface area contributed by atoms with E-state index in [2.05, 4.69) is 4.99 Å². The highest BCUT2D eigenvalue weighted by molar-refractivity contribution is 7.88. The van der Waals surface area contributed by atoms with E-state index < -0.39 is 50.2 Å². The van der Waals surface area contributed by atoms with E-state index in [-0.39, 0.29) is 44.0 Å². The average Bonchev–Trinajstić information content (AvgIpc) is 3.47. The second kappa shape index (κ2) is 16.1. The number of quaternary nitrogens is 1. The third-order valence-corrected chi connectivity index (χ3v) is 10.8. The lowest BCUT2D eigenvalue weighted by Gasteiger charge is -2.39. The lowest BCUT2D eigenvalue weighted by atomic mass is 9.95. The van der Waals surface area contributed by atoms with Gasteiger partial charge >= 0.3 is 24.0 Å². The number of imide groups is 1. The molecule has 4 N–H and O–H groups in total. The smallest absolute Gasteiger partial charge is 0.436 e. The van der Waals surface area contributed by atoms with Gasteiger partial charge in [0.2, 0.25) is 16.0 Å². The number of nitrogens with two attached hydrogens (primary N) is 2. The van der Waals surface area contributed by atoms with Crippen LogP contribution in [0.25, 0.3) is 0 Å². The Hall–Kier alpha value is -4.34. The number of esters is 1. The number of sulfonamides is 1. The van der Waals surface area contributed by atoms with Crippen molar-refractivity contribution < 1.29 is 41.6 Å². The van der Waals surface area contributed by atoms with Crippen LogP contribution in [0.2, 0.25) is 0 Å². The summed E-state index contributed by atoms with van der Waals surface area (Å²) in [4.78, 5) is 57.8. The van der Waals surface area contributed by atoms with Gasteiger partial charge in [-0.05, 0) is 57.2 Å². The van der Waals surface area contributed by atoms with Gasteiger partial charge in [0.05, 0.1) is 18.4 Å². The number of piperidine rings is 1. The molecular weight excluding hydrogens is 664 g/mol. The zero-order valence-electron chi connectivity index (χ0n) is 29.2. The first-order chi connectivity index (χ1) is 23.5. The Labute approximate surface area is 294 Å². The normalized spacial score (nSPS) is 21.1. The summed E-state index contributed by atoms with van der Waals surface area (Å²) in [7, 11) is -3.92. The van der Waals surface area contributed by atoms with Crippen LogP contribution in [0.15, 0.2) is 65.7 Å². The summed E-state index contributed by atoms with van der Waals surface area (Å²) in [5, 5.41) is 0. The van der Waals surface area contributed by atoms with Crippen LogP contribution >= 0.6 is 0 Å². The van der Waals surface area contributed by atoms with Crippen molar-refractivity contribution in [3.05, 3.63) is 71.8 Å². The minimum atomic E-state index is -3.92. The number of hydrogen-bond donors (Lipinski definition) is 2. The monoisotopic (exact) mass is 713 g/mol. The molecule has 2 aromatic rings. The van der Waals surface area contributed by atoms with Gasteiger partial charge in [0, 0.05) is 38.9 Å². The molecule has 1 unspecified atom stereocenters. The van der Waals surface area contributed by atoms with E-state index in [4.69, 9.17) is 20.9 Å². The number of primary amides is 1. The third kappa shape index (κ3) is 9.46. The number of hydrogen-bond acceptors (Lipinski definition) is 8. The number of guanidine groups is 1. The second-order valence-electron chi connectivity index (χ2n) is 13.8. The van der Waals surface area contributed by atoms with Gasteiger partial charge < -0.3 is 25.8 Å². The maximum Gasteiger partial charge on any atom is 0.436 e. The first-order valence-electron chi connectivity index (χ1n) is 16.8. The summed E-state index contributed by atoms with van der Waals surface area (Å²) in [6.07, 6.45) is 2.48. The number of nitrogens with zero attached hydrogens (tertiary/aromatic N) is 4. The molecule has 0 radical (unpaired) electrons. The molecular formula is C35H49N6O8S+. The van der Waals surface area contributed by atoms with Crippen molar-refractivity contribution >= 4 is 40.0 Å². The molecule has 15 heteroatoms. The van der Waals surface area contributed by atoms with Crippen LogP contribution in [-0.4, -0.2) is 109 Å². The summed E-state index contributed by atoms with van der Waals surface area (Å²) in [6.45, 7) is 5.81. The molecule has 2 aliphatic heterocycles. The lowest BCUT2D eigenvalue weighted by Crippen LogP contribution is -2.67. The number of urea groups is 1. The quantitative estimate of drug-likeness (QED) is 0.151. The van der Waals surface area contributed by atoms with Crippen molar-refractivity contribution in [2.75, 3.05) is 39.0 Å². The molecule has 2 heterocycles. The third-order valence-electron chi connectivity index (χ3n) is 9.51. The molecule has 0 aliphatic carbocycles. The molecule has 50 heavy (non-hydrogen) atoms. The predicted molar refractivity (Wildman–Crippen MR) is 187 cm³/mol. The van der Waals surface area contributed by atoms with Crippen LogP contribution < -0.4 is 11.5 Å². The lowest BCUT2D eigenvalue weighted by molar-refractivity contribution is -0.784. The Morgan fingerprint density at radius 3 is 2.14 bits per heavy atom. The number of ether oxygens (including phenoxy) is 2. The standard InChI is InChI=1S/C35H48N6O8S/c1-25-12-11-21-41(25,33(37)44)30(42)29(22-26-13-7-5-8-14-26)40(50(4,46)47)23-27-17-19-39(20-18-27)32(36)38-34(45)48-24-35(2,3)49-31(43)28-15-9-6-10-16-28/h5-10,13-16,25,27,29H,11-12,17-24H2,1-4H3,(H3-,36,37,38,44,45)/p+1/t25-,29-,41?/m1/s1. The van der Waals surface area contributed by atoms with Crippen molar-refractivity contribution in [3.63, 3.8) is 0 Å². The van der Waals surface area contributed by atoms with E-state index in [0.717, 1.165) is 11.8 Å². The van der Waals surface area contributed by atoms with Crippen molar-refractivity contribution in [2.24, 2.45) is 22.4 Å². The average molecular weight is 714 g/mol. The molecule has 0 saturated carbocycles. The molecule has 2 fully saturated rings. The van der Waals surface area contributed by atoms with Crippen LogP contribution in [0, 0.1) is 5.92 Å². The van der Waals surface area contributed by atoms with Gasteiger partial charge in [0.15, 0.2) is 0 Å². The van der Waals surface area contributed by atoms with E-state index in [1.807, 2.05) is 30.3 Å². The van der Waals surface area contributed by atoms with Crippen LogP contribution in [0.4, 0.5) is 9.59 Å². The molecule has 0 spiro atoms. The fourth-order valence-corrected chi connectivity index (χ4v) is 7.80. The van der Waals surface area contributed by atoms with Gasteiger partial charge in [-0.2, -0.15) is 8.79 Å². The molecule has 3 atom stereocenters. The molecule has 0 bridgehead atoms. The Balaban J connectivity index is 1.41. The van der Waals surface area contributed by atoms with Crippen molar-refractivity contribution in [3.8, 4) is 0 Å². The predicted octanol–water partition coefficient (Wildman–Crippen LogP) is 3.26. The summed E-state index contributed by atoms with van der Waals surface area (Å²) in [5.74, 6) is -1.27. The molecule has 2 aromatic carbocycles. The van der Waals surface area contributed by atoms with E-state index in [1.165, 1.54) is 4.31 Å². The zero-order valence-corrected chi connectivity index (χ0v) is 30.0. The fraction of sp³-hybridized carbons (Fsp3) is 0.514. The summed E-state index contributed by atoms with van der Waals surface area (Å²) in [6, 6.07) is 15.3. The van der Waals surface area contributed by atoms with Gasteiger partial charge in [-0.3, -0.25) is 0 Å². The topological polar surface area (TPSA) is 192 Å². The van der Waals surface area contributed by atoms with Gasteiger partial charge in [-0.1, -0.05) is 48.5 Å². The minimum absolute atomic E-state index is 0.0545. The first kappa shape index (κ1) is 38.5. The SMILES string of the molecule is C[C@@H]1CCC[N+]1(C(N)=O)C(=O)[C@@H](Cc1ccccc1)N(CC1CCN(C(N)=NC(=O)OCC(C)(C)OC(=O)c2ccccc2)CC1)S(C)(=O)=O. The van der Waals surface area contributed by atoms with Gasteiger partial charge in [-0.15, -0.1) is 4.99 Å². The number of amides is 4. The van der Waals surface area contributed by atoms with E-state index in [0.29, 0.717) is 44.3 Å². The highest BCUT2D eigenvalue weighted by atomic mass is 32.2. The van der Waals surface area contributed by atoms with Crippen LogP contribution in [0.5, 0.6) is 0 Å². The highest BCUT2D eigenvalue weighted by Gasteiger charge is 2.55. The molecule has 14 nitrogen and oxygen atoms in total. The molecule has 0 aromatic heterocycles. The number of rotatable bonds is 11. The molecule has 4 rings (SSSR count). The molecule has 272 valence electrons. The largest absolute Gasteiger partial charge is 0.452 e. The Bertz CT molecular complexity index is 1660. The highest BCUT2D eigenvalue weighted by Crippen LogP contribution is 2.32. The molecule has 4 amide bonds. The van der Waals surface area contributed by atoms with Gasteiger partial charge in [0.25, 0.3) is 0 Å². The summed E-state index contributed by atoms with van der Waals surface area (Å²) in [5.41, 5.74) is 12.0. The van der Waals surface area contributed by atoms with Crippen molar-refractivity contribution in [1.82, 2.24) is 9.21 Å². The van der Waals surface area contributed by atoms with E-state index in [9.17, 15) is 27.6 Å². The number of carbonyl (C=O) groups excluding carboxylic acids is 4. The maximum atomic E-state index is 14.4. The van der Waals surface area contributed by atoms with Crippen LogP contribution in [-0.2, 0) is 30.7 Å². The molecule has 2 saturated heterocycles.